The van der Waals surface area contributed by atoms with Gasteiger partial charge in [-0.25, -0.2) is 9.69 Å². The van der Waals surface area contributed by atoms with Gasteiger partial charge in [-0.3, -0.25) is 19.3 Å². The number of hydrogen-bond donors (Lipinski definition) is 1. The van der Waals surface area contributed by atoms with Crippen molar-refractivity contribution in [1.82, 2.24) is 9.80 Å². The molecule has 5 amide bonds. The van der Waals surface area contributed by atoms with Crippen molar-refractivity contribution in [2.45, 2.75) is 13.3 Å². The smallest absolute Gasteiger partial charge is 0.334 e. The van der Waals surface area contributed by atoms with E-state index in [0.717, 1.165) is 4.90 Å². The van der Waals surface area contributed by atoms with Crippen LogP contribution in [-0.2, 0) is 14.4 Å². The summed E-state index contributed by atoms with van der Waals surface area (Å²) in [4.78, 5) is 49.0. The van der Waals surface area contributed by atoms with E-state index in [-0.39, 0.29) is 6.54 Å². The molecule has 0 spiro atoms. The molecule has 122 valence electrons. The Morgan fingerprint density at radius 3 is 2.26 bits per heavy atom. The summed E-state index contributed by atoms with van der Waals surface area (Å²) in [5.74, 6) is -1.81. The van der Waals surface area contributed by atoms with Crippen LogP contribution in [0.2, 0.25) is 0 Å². The minimum Gasteiger partial charge on any atom is -0.497 e. The first-order valence-electron chi connectivity index (χ1n) is 7.09. The quantitative estimate of drug-likeness (QED) is 0.619. The van der Waals surface area contributed by atoms with Crippen LogP contribution in [-0.4, -0.2) is 53.8 Å². The van der Waals surface area contributed by atoms with Crippen molar-refractivity contribution >= 4 is 29.4 Å². The van der Waals surface area contributed by atoms with Crippen molar-refractivity contribution in [3.63, 3.8) is 0 Å². The first-order valence-corrected chi connectivity index (χ1v) is 7.09. The number of ether oxygens (including phenoxy) is 1. The molecule has 1 aromatic carbocycles. The largest absolute Gasteiger partial charge is 0.497 e. The van der Waals surface area contributed by atoms with E-state index in [1.165, 1.54) is 7.11 Å². The van der Waals surface area contributed by atoms with Gasteiger partial charge in [0.15, 0.2) is 0 Å². The molecule has 1 aliphatic heterocycles. The Morgan fingerprint density at radius 1 is 1.09 bits per heavy atom. The summed E-state index contributed by atoms with van der Waals surface area (Å²) in [5.41, 5.74) is 0.492. The molecular weight excluding hydrogens is 302 g/mol. The fourth-order valence-corrected chi connectivity index (χ4v) is 2.13. The highest BCUT2D eigenvalue weighted by Gasteiger charge is 2.44. The number of amides is 5. The second kappa shape index (κ2) is 6.91. The first kappa shape index (κ1) is 16.5. The van der Waals surface area contributed by atoms with Crippen LogP contribution in [0.3, 0.4) is 0 Å². The molecule has 0 unspecified atom stereocenters. The zero-order chi connectivity index (χ0) is 17.0. The Labute approximate surface area is 133 Å². The van der Waals surface area contributed by atoms with Crippen LogP contribution < -0.4 is 10.1 Å². The molecule has 0 bridgehead atoms. The Bertz CT molecular complexity index is 641. The Hall–Kier alpha value is -2.90. The molecule has 0 saturated carbocycles. The lowest BCUT2D eigenvalue weighted by molar-refractivity contribution is -0.143. The Balaban J connectivity index is 2.00. The van der Waals surface area contributed by atoms with E-state index in [2.05, 4.69) is 5.32 Å². The molecule has 1 N–H and O–H groups in total. The maximum absolute atomic E-state index is 12.0. The third kappa shape index (κ3) is 3.47. The van der Waals surface area contributed by atoms with Crippen LogP contribution in [0.25, 0.3) is 0 Å². The Morgan fingerprint density at radius 2 is 1.70 bits per heavy atom. The molecule has 0 atom stereocenters. The molecular formula is C15H17N3O5. The first-order chi connectivity index (χ1) is 11.0. The van der Waals surface area contributed by atoms with Crippen LogP contribution in [0.1, 0.15) is 13.3 Å². The van der Waals surface area contributed by atoms with Gasteiger partial charge in [0.2, 0.25) is 5.91 Å². The highest BCUT2D eigenvalue weighted by atomic mass is 16.5. The molecule has 2 rings (SSSR count). The molecule has 1 aliphatic rings. The second-order valence-corrected chi connectivity index (χ2v) is 4.91. The summed E-state index contributed by atoms with van der Waals surface area (Å²) >= 11 is 0. The lowest BCUT2D eigenvalue weighted by atomic mass is 10.3. The predicted octanol–water partition coefficient (Wildman–Crippen LogP) is 0.834. The van der Waals surface area contributed by atoms with Gasteiger partial charge in [0.05, 0.1) is 7.11 Å². The van der Waals surface area contributed by atoms with Gasteiger partial charge in [-0.1, -0.05) is 6.92 Å². The number of rotatable bonds is 6. The van der Waals surface area contributed by atoms with Crippen molar-refractivity contribution in [2.75, 3.05) is 25.5 Å². The summed E-state index contributed by atoms with van der Waals surface area (Å²) in [6.45, 7) is 1.43. The van der Waals surface area contributed by atoms with Crippen molar-refractivity contribution < 1.29 is 23.9 Å². The molecule has 1 fully saturated rings. The number of nitrogens with one attached hydrogen (secondary N) is 1. The average molecular weight is 319 g/mol. The molecule has 1 aromatic rings. The fourth-order valence-electron chi connectivity index (χ4n) is 2.13. The molecule has 1 heterocycles. The number of hydrogen-bond acceptors (Lipinski definition) is 5. The maximum Gasteiger partial charge on any atom is 0.334 e. The number of carbonyl (C=O) groups excluding carboxylic acids is 4. The van der Waals surface area contributed by atoms with Crippen LogP contribution in [0.4, 0.5) is 10.5 Å². The standard InChI is InChI=1S/C15H17N3O5/c1-3-8-17-13(20)14(21)18(15(17)22)9-12(19)16-10-4-6-11(23-2)7-5-10/h4-7H,3,8-9H2,1-2H3,(H,16,19). The van der Waals surface area contributed by atoms with Crippen molar-refractivity contribution in [2.24, 2.45) is 0 Å². The molecule has 0 aliphatic carbocycles. The molecule has 1 saturated heterocycles. The lowest BCUT2D eigenvalue weighted by Crippen LogP contribution is -2.39. The van der Waals surface area contributed by atoms with Crippen molar-refractivity contribution in [3.8, 4) is 5.75 Å². The highest BCUT2D eigenvalue weighted by Crippen LogP contribution is 2.16. The number of nitrogens with zero attached hydrogens (tertiary/aromatic N) is 2. The van der Waals surface area contributed by atoms with E-state index in [1.54, 1.807) is 31.2 Å². The number of carbonyl (C=O) groups is 4. The number of anilines is 1. The molecule has 8 nitrogen and oxygen atoms in total. The third-order valence-electron chi connectivity index (χ3n) is 3.26. The van der Waals surface area contributed by atoms with E-state index in [0.29, 0.717) is 22.8 Å². The van der Waals surface area contributed by atoms with Gasteiger partial charge in [-0.15, -0.1) is 0 Å². The molecule has 0 radical (unpaired) electrons. The molecule has 23 heavy (non-hydrogen) atoms. The van der Waals surface area contributed by atoms with E-state index >= 15 is 0 Å². The summed E-state index contributed by atoms with van der Waals surface area (Å²) in [6.07, 6.45) is 0.538. The minimum absolute atomic E-state index is 0.153. The monoisotopic (exact) mass is 319 g/mol. The molecule has 0 aromatic heterocycles. The normalized spacial score (nSPS) is 14.4. The van der Waals surface area contributed by atoms with Crippen LogP contribution in [0.15, 0.2) is 24.3 Å². The minimum atomic E-state index is -0.978. The van der Waals surface area contributed by atoms with Gasteiger partial charge in [-0.05, 0) is 30.7 Å². The SMILES string of the molecule is CCCN1C(=O)C(=O)N(CC(=O)Nc2ccc(OC)cc2)C1=O. The maximum atomic E-state index is 12.0. The summed E-state index contributed by atoms with van der Waals surface area (Å²) < 4.78 is 5.00. The number of imide groups is 2. The van der Waals surface area contributed by atoms with E-state index in [1.807, 2.05) is 0 Å². The van der Waals surface area contributed by atoms with Gasteiger partial charge >= 0.3 is 17.8 Å². The average Bonchev–Trinajstić information content (AvgIpc) is 2.74. The number of urea groups is 1. The van der Waals surface area contributed by atoms with Gasteiger partial charge in [0.25, 0.3) is 0 Å². The van der Waals surface area contributed by atoms with Crippen LogP contribution >= 0.6 is 0 Å². The number of benzene rings is 1. The predicted molar refractivity (Wildman–Crippen MR) is 80.7 cm³/mol. The van der Waals surface area contributed by atoms with Crippen molar-refractivity contribution in [3.05, 3.63) is 24.3 Å². The lowest BCUT2D eigenvalue weighted by Gasteiger charge is -2.14. The van der Waals surface area contributed by atoms with Gasteiger partial charge < -0.3 is 10.1 Å². The fraction of sp³-hybridized carbons (Fsp3) is 0.333. The van der Waals surface area contributed by atoms with E-state index < -0.39 is 30.3 Å². The third-order valence-corrected chi connectivity index (χ3v) is 3.26. The summed E-state index contributed by atoms with van der Waals surface area (Å²) in [7, 11) is 1.53. The zero-order valence-corrected chi connectivity index (χ0v) is 12.9. The van der Waals surface area contributed by atoms with Gasteiger partial charge in [-0.2, -0.15) is 0 Å². The molecule has 8 heteroatoms. The number of methoxy groups -OCH3 is 1. The second-order valence-electron chi connectivity index (χ2n) is 4.91. The topological polar surface area (TPSA) is 96.0 Å². The zero-order valence-electron chi connectivity index (χ0n) is 12.9. The van der Waals surface area contributed by atoms with E-state index in [9.17, 15) is 19.2 Å². The van der Waals surface area contributed by atoms with Gasteiger partial charge in [0.1, 0.15) is 12.3 Å². The summed E-state index contributed by atoms with van der Waals surface area (Å²) in [6, 6.07) is 5.81. The van der Waals surface area contributed by atoms with Gasteiger partial charge in [0, 0.05) is 12.2 Å². The van der Waals surface area contributed by atoms with Crippen LogP contribution in [0.5, 0.6) is 5.75 Å². The van der Waals surface area contributed by atoms with Crippen molar-refractivity contribution in [1.29, 1.82) is 0 Å². The van der Waals surface area contributed by atoms with Crippen LogP contribution in [0, 0.1) is 0 Å². The highest BCUT2D eigenvalue weighted by molar-refractivity contribution is 6.45. The Kier molecular flexibility index (Phi) is 4.95. The summed E-state index contributed by atoms with van der Waals surface area (Å²) in [5, 5.41) is 2.55. The van der Waals surface area contributed by atoms with E-state index in [4.69, 9.17) is 4.74 Å².